The molecule has 28 heavy (non-hydrogen) atoms. The summed E-state index contributed by atoms with van der Waals surface area (Å²) in [7, 11) is 0. The number of ether oxygens (including phenoxy) is 1. The first-order chi connectivity index (χ1) is 13.5. The minimum Gasteiger partial charge on any atom is -0.370 e. The zero-order valence-corrected chi connectivity index (χ0v) is 15.2. The van der Waals surface area contributed by atoms with Crippen molar-refractivity contribution >= 4 is 5.91 Å². The number of benzene rings is 2. The van der Waals surface area contributed by atoms with Crippen LogP contribution in [0.1, 0.15) is 27.8 Å². The number of rotatable bonds is 3. The van der Waals surface area contributed by atoms with Crippen molar-refractivity contribution in [3.8, 4) is 5.69 Å². The summed E-state index contributed by atoms with van der Waals surface area (Å²) in [5.41, 5.74) is 2.24. The molecule has 3 aromatic rings. The predicted octanol–water partition coefficient (Wildman–Crippen LogP) is 3.07. The Bertz CT molecular complexity index is 986. The molecule has 2 aromatic carbocycles. The van der Waals surface area contributed by atoms with Crippen molar-refractivity contribution in [2.75, 3.05) is 19.7 Å². The minimum atomic E-state index is -0.349. The Morgan fingerprint density at radius 1 is 1.07 bits per heavy atom. The van der Waals surface area contributed by atoms with Gasteiger partial charge >= 0.3 is 0 Å². The fraction of sp³-hybridized carbons (Fsp3) is 0.250. The summed E-state index contributed by atoms with van der Waals surface area (Å²) < 4.78 is 33.5. The van der Waals surface area contributed by atoms with E-state index in [1.807, 2.05) is 0 Å². The van der Waals surface area contributed by atoms with Gasteiger partial charge in [-0.15, -0.1) is 5.10 Å². The summed E-state index contributed by atoms with van der Waals surface area (Å²) in [6, 6.07) is 11.9. The van der Waals surface area contributed by atoms with E-state index in [1.54, 1.807) is 36.1 Å². The van der Waals surface area contributed by atoms with Gasteiger partial charge in [0.15, 0.2) is 5.69 Å². The third-order valence-electron chi connectivity index (χ3n) is 4.76. The number of carbonyl (C=O) groups is 1. The largest absolute Gasteiger partial charge is 0.370 e. The van der Waals surface area contributed by atoms with E-state index in [0.717, 1.165) is 5.56 Å². The number of nitrogens with zero attached hydrogens (tertiary/aromatic N) is 4. The lowest BCUT2D eigenvalue weighted by Gasteiger charge is -2.32. The van der Waals surface area contributed by atoms with Gasteiger partial charge in [0, 0.05) is 6.54 Å². The lowest BCUT2D eigenvalue weighted by Crippen LogP contribution is -2.42. The summed E-state index contributed by atoms with van der Waals surface area (Å²) in [5.74, 6) is -0.917. The summed E-state index contributed by atoms with van der Waals surface area (Å²) in [5, 5.41) is 8.08. The van der Waals surface area contributed by atoms with Crippen molar-refractivity contribution in [2.24, 2.45) is 0 Å². The van der Waals surface area contributed by atoms with Gasteiger partial charge in [0.25, 0.3) is 5.91 Å². The van der Waals surface area contributed by atoms with Gasteiger partial charge in [0.2, 0.25) is 0 Å². The van der Waals surface area contributed by atoms with Crippen molar-refractivity contribution < 1.29 is 18.3 Å². The highest BCUT2D eigenvalue weighted by molar-refractivity contribution is 5.93. The summed E-state index contributed by atoms with van der Waals surface area (Å²) in [6.45, 7) is 2.89. The molecule has 1 aliphatic heterocycles. The molecule has 1 unspecified atom stereocenters. The standard InChI is InChI=1S/C20H18F2N4O2/c1-13-19(23-24-26(13)17-8-6-16(22)7-9-17)20(27)25-10-11-28-18(12-25)14-2-4-15(21)5-3-14/h2-9,18H,10-12H2,1H3. The molecule has 1 fully saturated rings. The molecule has 0 radical (unpaired) electrons. The van der Waals surface area contributed by atoms with E-state index in [-0.39, 0.29) is 29.3 Å². The number of aromatic nitrogens is 3. The van der Waals surface area contributed by atoms with Gasteiger partial charge in [0.1, 0.15) is 17.7 Å². The van der Waals surface area contributed by atoms with E-state index in [4.69, 9.17) is 4.74 Å². The van der Waals surface area contributed by atoms with Crippen LogP contribution in [0.25, 0.3) is 5.69 Å². The number of halogens is 2. The molecule has 6 nitrogen and oxygen atoms in total. The van der Waals surface area contributed by atoms with Gasteiger partial charge < -0.3 is 9.64 Å². The maximum Gasteiger partial charge on any atom is 0.276 e. The molecular weight excluding hydrogens is 366 g/mol. The Hall–Kier alpha value is -3.13. The molecule has 8 heteroatoms. The van der Waals surface area contributed by atoms with Crippen LogP contribution < -0.4 is 0 Å². The highest BCUT2D eigenvalue weighted by atomic mass is 19.1. The van der Waals surface area contributed by atoms with Crippen molar-refractivity contribution in [1.82, 2.24) is 19.9 Å². The number of carbonyl (C=O) groups excluding carboxylic acids is 1. The first-order valence-electron chi connectivity index (χ1n) is 8.87. The molecule has 1 amide bonds. The van der Waals surface area contributed by atoms with Crippen molar-refractivity contribution in [2.45, 2.75) is 13.0 Å². The van der Waals surface area contributed by atoms with Crippen LogP contribution >= 0.6 is 0 Å². The van der Waals surface area contributed by atoms with Crippen molar-refractivity contribution in [3.63, 3.8) is 0 Å². The van der Waals surface area contributed by atoms with Crippen LogP contribution in [0.3, 0.4) is 0 Å². The van der Waals surface area contributed by atoms with Crippen LogP contribution in [0.15, 0.2) is 48.5 Å². The zero-order chi connectivity index (χ0) is 19.7. The zero-order valence-electron chi connectivity index (χ0n) is 15.2. The van der Waals surface area contributed by atoms with Gasteiger partial charge in [-0.2, -0.15) is 0 Å². The third-order valence-corrected chi connectivity index (χ3v) is 4.76. The van der Waals surface area contributed by atoms with E-state index >= 15 is 0 Å². The molecule has 0 saturated carbocycles. The second kappa shape index (κ2) is 7.47. The second-order valence-corrected chi connectivity index (χ2v) is 6.57. The lowest BCUT2D eigenvalue weighted by atomic mass is 10.1. The average Bonchev–Trinajstić information content (AvgIpc) is 3.10. The number of hydrogen-bond acceptors (Lipinski definition) is 4. The van der Waals surface area contributed by atoms with Crippen LogP contribution in [0.5, 0.6) is 0 Å². The Morgan fingerprint density at radius 3 is 2.39 bits per heavy atom. The van der Waals surface area contributed by atoms with Crippen LogP contribution in [0, 0.1) is 18.6 Å². The van der Waals surface area contributed by atoms with Gasteiger partial charge in [0.05, 0.1) is 24.5 Å². The predicted molar refractivity (Wildman–Crippen MR) is 97.1 cm³/mol. The molecule has 0 spiro atoms. The fourth-order valence-electron chi connectivity index (χ4n) is 3.22. The molecule has 1 aliphatic rings. The van der Waals surface area contributed by atoms with Crippen molar-refractivity contribution in [3.05, 3.63) is 77.1 Å². The van der Waals surface area contributed by atoms with E-state index in [1.165, 1.54) is 28.9 Å². The number of hydrogen-bond donors (Lipinski definition) is 0. The molecule has 0 bridgehead atoms. The topological polar surface area (TPSA) is 60.3 Å². The lowest BCUT2D eigenvalue weighted by molar-refractivity contribution is -0.0230. The Balaban J connectivity index is 1.54. The molecular formula is C20H18F2N4O2. The minimum absolute atomic E-state index is 0.240. The van der Waals surface area contributed by atoms with E-state index in [0.29, 0.717) is 31.1 Å². The van der Waals surface area contributed by atoms with Gasteiger partial charge in [-0.1, -0.05) is 17.3 Å². The third kappa shape index (κ3) is 3.50. The van der Waals surface area contributed by atoms with Gasteiger partial charge in [-0.25, -0.2) is 13.5 Å². The fourth-order valence-corrected chi connectivity index (χ4v) is 3.22. The van der Waals surface area contributed by atoms with E-state index < -0.39 is 0 Å². The molecule has 0 N–H and O–H groups in total. The molecule has 144 valence electrons. The Kier molecular flexibility index (Phi) is 4.87. The Labute approximate surface area is 160 Å². The maximum absolute atomic E-state index is 13.1. The number of amides is 1. The first kappa shape index (κ1) is 18.2. The smallest absolute Gasteiger partial charge is 0.276 e. The van der Waals surface area contributed by atoms with Gasteiger partial charge in [-0.3, -0.25) is 4.79 Å². The van der Waals surface area contributed by atoms with Crippen molar-refractivity contribution in [1.29, 1.82) is 0 Å². The molecule has 1 aromatic heterocycles. The SMILES string of the molecule is Cc1c(C(=O)N2CCOC(c3ccc(F)cc3)C2)nnn1-c1ccc(F)cc1. The molecule has 1 atom stereocenters. The van der Waals surface area contributed by atoms with Gasteiger partial charge in [-0.05, 0) is 48.9 Å². The maximum atomic E-state index is 13.1. The van der Waals surface area contributed by atoms with Crippen LogP contribution in [0.4, 0.5) is 8.78 Å². The molecule has 2 heterocycles. The van der Waals surface area contributed by atoms with Crippen LogP contribution in [-0.4, -0.2) is 45.5 Å². The Morgan fingerprint density at radius 2 is 1.71 bits per heavy atom. The highest BCUT2D eigenvalue weighted by Gasteiger charge is 2.29. The average molecular weight is 384 g/mol. The summed E-state index contributed by atoms with van der Waals surface area (Å²) >= 11 is 0. The van der Waals surface area contributed by atoms with Crippen LogP contribution in [0.2, 0.25) is 0 Å². The summed E-state index contributed by atoms with van der Waals surface area (Å²) in [6.07, 6.45) is -0.328. The molecule has 1 saturated heterocycles. The highest BCUT2D eigenvalue weighted by Crippen LogP contribution is 2.24. The molecule has 0 aliphatic carbocycles. The monoisotopic (exact) mass is 384 g/mol. The number of morpholine rings is 1. The normalized spacial score (nSPS) is 17.0. The summed E-state index contributed by atoms with van der Waals surface area (Å²) in [4.78, 5) is 14.6. The van der Waals surface area contributed by atoms with E-state index in [2.05, 4.69) is 10.3 Å². The van der Waals surface area contributed by atoms with Crippen LogP contribution in [-0.2, 0) is 4.74 Å². The molecule has 4 rings (SSSR count). The quantitative estimate of drug-likeness (QED) is 0.696. The second-order valence-electron chi connectivity index (χ2n) is 6.57. The first-order valence-corrected chi connectivity index (χ1v) is 8.87. The van der Waals surface area contributed by atoms with E-state index in [9.17, 15) is 13.6 Å².